The SMILES string of the molecule is CC(C)(CO)NC(=O)Nc1ccccc1N1CCCCCC1. The van der Waals surface area contributed by atoms with Gasteiger partial charge in [0.05, 0.1) is 23.5 Å². The average molecular weight is 305 g/mol. The molecule has 0 unspecified atom stereocenters. The van der Waals surface area contributed by atoms with Gasteiger partial charge in [0.1, 0.15) is 0 Å². The molecule has 0 radical (unpaired) electrons. The first-order valence-corrected chi connectivity index (χ1v) is 8.06. The summed E-state index contributed by atoms with van der Waals surface area (Å²) in [5, 5.41) is 14.9. The van der Waals surface area contributed by atoms with E-state index >= 15 is 0 Å². The number of para-hydroxylation sites is 2. The molecular weight excluding hydrogens is 278 g/mol. The van der Waals surface area contributed by atoms with Crippen molar-refractivity contribution < 1.29 is 9.90 Å². The summed E-state index contributed by atoms with van der Waals surface area (Å²) in [5.41, 5.74) is 1.25. The molecule has 1 aliphatic rings. The van der Waals surface area contributed by atoms with Crippen LogP contribution in [-0.2, 0) is 0 Å². The van der Waals surface area contributed by atoms with Gasteiger partial charge in [-0.3, -0.25) is 0 Å². The fourth-order valence-corrected chi connectivity index (χ4v) is 2.67. The third-order valence-electron chi connectivity index (χ3n) is 3.95. The van der Waals surface area contributed by atoms with Crippen LogP contribution in [0.4, 0.5) is 16.2 Å². The molecule has 0 saturated carbocycles. The largest absolute Gasteiger partial charge is 0.394 e. The van der Waals surface area contributed by atoms with E-state index in [1.54, 1.807) is 13.8 Å². The van der Waals surface area contributed by atoms with Crippen LogP contribution in [0.5, 0.6) is 0 Å². The molecule has 0 atom stereocenters. The molecule has 22 heavy (non-hydrogen) atoms. The Labute approximate surface area is 132 Å². The van der Waals surface area contributed by atoms with E-state index in [0.29, 0.717) is 0 Å². The summed E-state index contributed by atoms with van der Waals surface area (Å²) in [4.78, 5) is 14.5. The Morgan fingerprint density at radius 3 is 2.45 bits per heavy atom. The van der Waals surface area contributed by atoms with E-state index in [0.717, 1.165) is 24.5 Å². The number of aliphatic hydroxyl groups excluding tert-OH is 1. The van der Waals surface area contributed by atoms with Gasteiger partial charge >= 0.3 is 6.03 Å². The number of urea groups is 1. The van der Waals surface area contributed by atoms with Gasteiger partial charge in [-0.25, -0.2) is 4.79 Å². The Morgan fingerprint density at radius 1 is 1.18 bits per heavy atom. The Bertz CT molecular complexity index is 494. The number of hydrogen-bond acceptors (Lipinski definition) is 3. The molecule has 1 aromatic carbocycles. The van der Waals surface area contributed by atoms with Crippen molar-refractivity contribution >= 4 is 17.4 Å². The van der Waals surface area contributed by atoms with Gasteiger partial charge < -0.3 is 20.6 Å². The highest BCUT2D eigenvalue weighted by molar-refractivity contribution is 5.93. The van der Waals surface area contributed by atoms with Crippen LogP contribution in [0.2, 0.25) is 0 Å². The maximum absolute atomic E-state index is 12.1. The fraction of sp³-hybridized carbons (Fsp3) is 0.588. The molecule has 2 rings (SSSR count). The lowest BCUT2D eigenvalue weighted by atomic mass is 10.1. The fourth-order valence-electron chi connectivity index (χ4n) is 2.67. The minimum Gasteiger partial charge on any atom is -0.394 e. The van der Waals surface area contributed by atoms with Crippen LogP contribution >= 0.6 is 0 Å². The first kappa shape index (κ1) is 16.6. The molecule has 1 fully saturated rings. The first-order chi connectivity index (χ1) is 10.5. The zero-order valence-corrected chi connectivity index (χ0v) is 13.6. The highest BCUT2D eigenvalue weighted by Crippen LogP contribution is 2.27. The van der Waals surface area contributed by atoms with Crippen molar-refractivity contribution in [3.05, 3.63) is 24.3 Å². The van der Waals surface area contributed by atoms with Crippen LogP contribution in [0.3, 0.4) is 0 Å². The third kappa shape index (κ3) is 4.63. The minimum absolute atomic E-state index is 0.103. The number of nitrogens with zero attached hydrogens (tertiary/aromatic N) is 1. The highest BCUT2D eigenvalue weighted by Gasteiger charge is 2.20. The maximum Gasteiger partial charge on any atom is 0.319 e. The molecule has 3 N–H and O–H groups in total. The van der Waals surface area contributed by atoms with E-state index in [4.69, 9.17) is 0 Å². The van der Waals surface area contributed by atoms with Crippen LogP contribution in [0.1, 0.15) is 39.5 Å². The van der Waals surface area contributed by atoms with E-state index in [-0.39, 0.29) is 12.6 Å². The van der Waals surface area contributed by atoms with Gasteiger partial charge in [0.2, 0.25) is 0 Å². The van der Waals surface area contributed by atoms with E-state index in [1.807, 2.05) is 18.2 Å². The summed E-state index contributed by atoms with van der Waals surface area (Å²) in [6.07, 6.45) is 4.94. The van der Waals surface area contributed by atoms with Crippen molar-refractivity contribution in [3.8, 4) is 0 Å². The number of rotatable bonds is 4. The van der Waals surface area contributed by atoms with Crippen molar-refractivity contribution in [2.75, 3.05) is 29.9 Å². The summed E-state index contributed by atoms with van der Waals surface area (Å²) in [6.45, 7) is 5.53. The number of anilines is 2. The Morgan fingerprint density at radius 2 is 1.82 bits per heavy atom. The summed E-state index contributed by atoms with van der Waals surface area (Å²) in [5.74, 6) is 0. The lowest BCUT2D eigenvalue weighted by Crippen LogP contribution is -2.48. The number of carbonyl (C=O) groups is 1. The normalized spacial score (nSPS) is 16.0. The van der Waals surface area contributed by atoms with E-state index in [2.05, 4.69) is 21.6 Å². The molecule has 1 heterocycles. The van der Waals surface area contributed by atoms with Gasteiger partial charge in [0.15, 0.2) is 0 Å². The van der Waals surface area contributed by atoms with Gasteiger partial charge in [0.25, 0.3) is 0 Å². The number of amides is 2. The molecule has 0 aromatic heterocycles. The van der Waals surface area contributed by atoms with E-state index in [9.17, 15) is 9.90 Å². The van der Waals surface area contributed by atoms with Crippen LogP contribution in [-0.4, -0.2) is 36.4 Å². The molecule has 0 aliphatic carbocycles. The molecular formula is C17H27N3O2. The minimum atomic E-state index is -0.637. The summed E-state index contributed by atoms with van der Waals surface area (Å²) < 4.78 is 0. The summed E-state index contributed by atoms with van der Waals surface area (Å²) >= 11 is 0. The molecule has 5 nitrogen and oxygen atoms in total. The van der Waals surface area contributed by atoms with Gasteiger partial charge in [-0.2, -0.15) is 0 Å². The van der Waals surface area contributed by atoms with Crippen molar-refractivity contribution in [1.29, 1.82) is 0 Å². The number of aliphatic hydroxyl groups is 1. The molecule has 2 amide bonds. The van der Waals surface area contributed by atoms with Gasteiger partial charge in [-0.1, -0.05) is 25.0 Å². The second-order valence-corrected chi connectivity index (χ2v) is 6.54. The zero-order chi connectivity index (χ0) is 16.0. The molecule has 1 saturated heterocycles. The number of nitrogens with one attached hydrogen (secondary N) is 2. The van der Waals surface area contributed by atoms with Gasteiger partial charge in [-0.05, 0) is 38.8 Å². The average Bonchev–Trinajstić information content (AvgIpc) is 2.76. The van der Waals surface area contributed by atoms with Gasteiger partial charge in [-0.15, -0.1) is 0 Å². The standard InChI is InChI=1S/C17H27N3O2/c1-17(2,13-21)19-16(22)18-14-9-5-6-10-15(14)20-11-7-3-4-8-12-20/h5-6,9-10,21H,3-4,7-8,11-13H2,1-2H3,(H2,18,19,22). The van der Waals surface area contributed by atoms with Crippen LogP contribution in [0.25, 0.3) is 0 Å². The molecule has 0 spiro atoms. The molecule has 0 bridgehead atoms. The lowest BCUT2D eigenvalue weighted by Gasteiger charge is -2.27. The molecule has 122 valence electrons. The smallest absolute Gasteiger partial charge is 0.319 e. The second-order valence-electron chi connectivity index (χ2n) is 6.54. The number of carbonyl (C=O) groups excluding carboxylic acids is 1. The maximum atomic E-state index is 12.1. The van der Waals surface area contributed by atoms with Crippen LogP contribution < -0.4 is 15.5 Å². The monoisotopic (exact) mass is 305 g/mol. The predicted molar refractivity (Wildman–Crippen MR) is 90.4 cm³/mol. The van der Waals surface area contributed by atoms with Crippen molar-refractivity contribution in [1.82, 2.24) is 5.32 Å². The lowest BCUT2D eigenvalue weighted by molar-refractivity contribution is 0.187. The second kappa shape index (κ2) is 7.49. The Balaban J connectivity index is 2.09. The Kier molecular flexibility index (Phi) is 5.66. The third-order valence-corrected chi connectivity index (χ3v) is 3.95. The van der Waals surface area contributed by atoms with Crippen LogP contribution in [0.15, 0.2) is 24.3 Å². The van der Waals surface area contributed by atoms with Crippen LogP contribution in [0, 0.1) is 0 Å². The first-order valence-electron chi connectivity index (χ1n) is 8.06. The summed E-state index contributed by atoms with van der Waals surface area (Å²) in [7, 11) is 0. The molecule has 1 aliphatic heterocycles. The summed E-state index contributed by atoms with van der Waals surface area (Å²) in [6, 6.07) is 7.61. The van der Waals surface area contributed by atoms with E-state index in [1.165, 1.54) is 25.7 Å². The van der Waals surface area contributed by atoms with Crippen molar-refractivity contribution in [3.63, 3.8) is 0 Å². The van der Waals surface area contributed by atoms with Crippen molar-refractivity contribution in [2.45, 2.75) is 45.1 Å². The highest BCUT2D eigenvalue weighted by atomic mass is 16.3. The number of hydrogen-bond donors (Lipinski definition) is 3. The number of benzene rings is 1. The molecule has 1 aromatic rings. The predicted octanol–water partition coefficient (Wildman–Crippen LogP) is 2.96. The van der Waals surface area contributed by atoms with Gasteiger partial charge in [0, 0.05) is 13.1 Å². The Hall–Kier alpha value is -1.75. The molecule has 5 heteroatoms. The quantitative estimate of drug-likeness (QED) is 0.801. The topological polar surface area (TPSA) is 64.6 Å². The van der Waals surface area contributed by atoms with Crippen molar-refractivity contribution in [2.24, 2.45) is 0 Å². The zero-order valence-electron chi connectivity index (χ0n) is 13.6. The van der Waals surface area contributed by atoms with E-state index < -0.39 is 5.54 Å².